The molecule has 0 radical (unpaired) electrons. The monoisotopic (exact) mass is 246 g/mol. The highest BCUT2D eigenvalue weighted by Crippen LogP contribution is 2.14. The molecule has 1 heterocycles. The number of fused-ring (bicyclic) bond motifs is 1. The Morgan fingerprint density at radius 2 is 2.06 bits per heavy atom. The minimum Gasteiger partial charge on any atom is -0.394 e. The van der Waals surface area contributed by atoms with Crippen LogP contribution >= 0.6 is 0 Å². The van der Waals surface area contributed by atoms with Crippen molar-refractivity contribution in [1.29, 1.82) is 0 Å². The number of aliphatic hydroxyl groups is 1. The molecule has 0 aliphatic carbocycles. The van der Waals surface area contributed by atoms with Crippen LogP contribution in [0.25, 0.3) is 10.9 Å². The fourth-order valence-corrected chi connectivity index (χ4v) is 1.91. The van der Waals surface area contributed by atoms with E-state index in [1.807, 2.05) is 44.2 Å². The van der Waals surface area contributed by atoms with Gasteiger partial charge < -0.3 is 10.4 Å². The fourth-order valence-electron chi connectivity index (χ4n) is 1.91. The van der Waals surface area contributed by atoms with Crippen LogP contribution in [0.15, 0.2) is 36.5 Å². The lowest BCUT2D eigenvalue weighted by Crippen LogP contribution is -2.42. The van der Waals surface area contributed by atoms with Gasteiger partial charge in [0.1, 0.15) is 0 Å². The van der Waals surface area contributed by atoms with E-state index in [0.717, 1.165) is 10.9 Å². The van der Waals surface area contributed by atoms with Crippen molar-refractivity contribution >= 4 is 16.9 Å². The second-order valence-electron chi connectivity index (χ2n) is 4.73. The molecule has 1 amide bonds. The molecule has 2 N–H and O–H groups in total. The number of carbonyl (C=O) groups excluding carboxylic acids is 1. The second kappa shape index (κ2) is 5.23. The number of aliphatic hydroxyl groups excluding tert-OH is 1. The Morgan fingerprint density at radius 1 is 1.33 bits per heavy atom. The number of aromatic nitrogens is 1. The molecule has 0 bridgehead atoms. The van der Waals surface area contributed by atoms with E-state index in [0.29, 0.717) is 0 Å². The highest BCUT2D eigenvalue weighted by Gasteiger charge is 2.16. The van der Waals surface area contributed by atoms with Crippen LogP contribution in [0.1, 0.15) is 13.8 Å². The average Bonchev–Trinajstić information content (AvgIpc) is 2.79. The van der Waals surface area contributed by atoms with Gasteiger partial charge in [-0.3, -0.25) is 4.57 Å². The second-order valence-corrected chi connectivity index (χ2v) is 4.73. The lowest BCUT2D eigenvalue weighted by molar-refractivity contribution is 0.199. The van der Waals surface area contributed by atoms with Crippen LogP contribution in [0, 0.1) is 5.92 Å². The number of carbonyl (C=O) groups is 1. The SMILES string of the molecule is CC(C)[C@@H](CO)NC(=O)n1ccc2ccccc21. The van der Waals surface area contributed by atoms with Crippen molar-refractivity contribution in [2.75, 3.05) is 6.61 Å². The molecule has 0 unspecified atom stereocenters. The molecule has 0 saturated carbocycles. The van der Waals surface area contributed by atoms with Gasteiger partial charge in [-0.05, 0) is 18.1 Å². The zero-order valence-electron chi connectivity index (χ0n) is 10.6. The highest BCUT2D eigenvalue weighted by molar-refractivity contribution is 5.91. The Morgan fingerprint density at radius 3 is 2.72 bits per heavy atom. The summed E-state index contributed by atoms with van der Waals surface area (Å²) < 4.78 is 1.57. The summed E-state index contributed by atoms with van der Waals surface area (Å²) in [5, 5.41) is 13.1. The number of nitrogens with zero attached hydrogens (tertiary/aromatic N) is 1. The summed E-state index contributed by atoms with van der Waals surface area (Å²) in [6.07, 6.45) is 1.74. The molecule has 1 aromatic carbocycles. The smallest absolute Gasteiger partial charge is 0.326 e. The number of nitrogens with one attached hydrogen (secondary N) is 1. The molecule has 1 aromatic heterocycles. The van der Waals surface area contributed by atoms with Gasteiger partial charge in [-0.25, -0.2) is 4.79 Å². The van der Waals surface area contributed by atoms with E-state index >= 15 is 0 Å². The number of hydrogen-bond acceptors (Lipinski definition) is 2. The third-order valence-corrected chi connectivity index (χ3v) is 3.13. The molecule has 1 atom stereocenters. The van der Waals surface area contributed by atoms with Crippen LogP contribution < -0.4 is 5.32 Å². The van der Waals surface area contributed by atoms with Gasteiger partial charge in [0, 0.05) is 11.6 Å². The highest BCUT2D eigenvalue weighted by atomic mass is 16.3. The molecule has 18 heavy (non-hydrogen) atoms. The van der Waals surface area contributed by atoms with Crippen LogP contribution in [0.3, 0.4) is 0 Å². The summed E-state index contributed by atoms with van der Waals surface area (Å²) in [5.41, 5.74) is 0.871. The summed E-state index contributed by atoms with van der Waals surface area (Å²) in [6, 6.07) is 9.18. The molecule has 96 valence electrons. The van der Waals surface area contributed by atoms with E-state index in [2.05, 4.69) is 5.32 Å². The van der Waals surface area contributed by atoms with Gasteiger partial charge in [0.15, 0.2) is 0 Å². The molecule has 0 aliphatic heterocycles. The Bertz CT molecular complexity index is 545. The van der Waals surface area contributed by atoms with Crippen LogP contribution in [-0.2, 0) is 0 Å². The number of rotatable bonds is 3. The van der Waals surface area contributed by atoms with Crippen molar-refractivity contribution < 1.29 is 9.90 Å². The maximum Gasteiger partial charge on any atom is 0.326 e. The van der Waals surface area contributed by atoms with E-state index in [1.165, 1.54) is 0 Å². The third-order valence-electron chi connectivity index (χ3n) is 3.13. The molecule has 4 heteroatoms. The molecule has 0 aliphatic rings. The Labute approximate surface area is 106 Å². The molecule has 2 aromatic rings. The van der Waals surface area contributed by atoms with Gasteiger partial charge >= 0.3 is 6.03 Å². The predicted octanol–water partition coefficient (Wildman–Crippen LogP) is 2.22. The van der Waals surface area contributed by atoms with Crippen LogP contribution in [0.5, 0.6) is 0 Å². The topological polar surface area (TPSA) is 54.3 Å². The lowest BCUT2D eigenvalue weighted by atomic mass is 10.1. The fraction of sp³-hybridized carbons (Fsp3) is 0.357. The minimum absolute atomic E-state index is 0.0530. The van der Waals surface area contributed by atoms with Crippen LogP contribution in [0.2, 0.25) is 0 Å². The molecule has 2 rings (SSSR count). The maximum atomic E-state index is 12.1. The number of amides is 1. The first-order valence-electron chi connectivity index (χ1n) is 6.11. The lowest BCUT2D eigenvalue weighted by Gasteiger charge is -2.20. The Balaban J connectivity index is 2.23. The molecular formula is C14H18N2O2. The van der Waals surface area contributed by atoms with Crippen molar-refractivity contribution in [2.24, 2.45) is 5.92 Å². The first kappa shape index (κ1) is 12.6. The number of benzene rings is 1. The predicted molar refractivity (Wildman–Crippen MR) is 71.6 cm³/mol. The normalized spacial score (nSPS) is 12.9. The molecule has 4 nitrogen and oxygen atoms in total. The van der Waals surface area contributed by atoms with Gasteiger partial charge in [0.25, 0.3) is 0 Å². The minimum atomic E-state index is -0.223. The zero-order valence-corrected chi connectivity index (χ0v) is 10.6. The van der Waals surface area contributed by atoms with Crippen molar-refractivity contribution in [3.63, 3.8) is 0 Å². The van der Waals surface area contributed by atoms with Crippen molar-refractivity contribution in [3.05, 3.63) is 36.5 Å². The van der Waals surface area contributed by atoms with Crippen molar-refractivity contribution in [3.8, 4) is 0 Å². The van der Waals surface area contributed by atoms with Crippen molar-refractivity contribution in [2.45, 2.75) is 19.9 Å². The number of para-hydroxylation sites is 1. The maximum absolute atomic E-state index is 12.1. The standard InChI is InChI=1S/C14H18N2O2/c1-10(2)12(9-17)15-14(18)16-8-7-11-5-3-4-6-13(11)16/h3-8,10,12,17H,9H2,1-2H3,(H,15,18)/t12-/m1/s1. The summed E-state index contributed by atoms with van der Waals surface area (Å²) in [7, 11) is 0. The first-order valence-corrected chi connectivity index (χ1v) is 6.11. The van der Waals surface area contributed by atoms with Crippen LogP contribution in [0.4, 0.5) is 4.79 Å². The van der Waals surface area contributed by atoms with Gasteiger partial charge in [0.2, 0.25) is 0 Å². The van der Waals surface area contributed by atoms with E-state index in [1.54, 1.807) is 10.8 Å². The molecular weight excluding hydrogens is 228 g/mol. The van der Waals surface area contributed by atoms with Gasteiger partial charge in [0.05, 0.1) is 18.2 Å². The van der Waals surface area contributed by atoms with E-state index in [4.69, 9.17) is 0 Å². The summed E-state index contributed by atoms with van der Waals surface area (Å²) >= 11 is 0. The van der Waals surface area contributed by atoms with E-state index in [9.17, 15) is 9.90 Å². The van der Waals surface area contributed by atoms with Crippen molar-refractivity contribution in [1.82, 2.24) is 9.88 Å². The zero-order chi connectivity index (χ0) is 13.1. The molecule has 0 saturated heterocycles. The van der Waals surface area contributed by atoms with E-state index in [-0.39, 0.29) is 24.6 Å². The third kappa shape index (κ3) is 2.38. The quantitative estimate of drug-likeness (QED) is 0.872. The molecule has 0 fully saturated rings. The summed E-state index contributed by atoms with van der Waals surface area (Å²) in [4.78, 5) is 12.1. The van der Waals surface area contributed by atoms with Gasteiger partial charge in [-0.15, -0.1) is 0 Å². The van der Waals surface area contributed by atoms with Crippen LogP contribution in [-0.4, -0.2) is 28.4 Å². The average molecular weight is 246 g/mol. The van der Waals surface area contributed by atoms with Gasteiger partial charge in [-0.2, -0.15) is 0 Å². The largest absolute Gasteiger partial charge is 0.394 e. The summed E-state index contributed by atoms with van der Waals surface area (Å²) in [6.45, 7) is 3.88. The van der Waals surface area contributed by atoms with Gasteiger partial charge in [-0.1, -0.05) is 32.0 Å². The Hall–Kier alpha value is -1.81. The Kier molecular flexibility index (Phi) is 3.67. The first-order chi connectivity index (χ1) is 8.63. The molecule has 0 spiro atoms. The number of hydrogen-bond donors (Lipinski definition) is 2. The van der Waals surface area contributed by atoms with E-state index < -0.39 is 0 Å². The summed E-state index contributed by atoms with van der Waals surface area (Å²) in [5.74, 6) is 0.195.